The predicted molar refractivity (Wildman–Crippen MR) is 109 cm³/mol. The third kappa shape index (κ3) is 4.25. The van der Waals surface area contributed by atoms with Crippen molar-refractivity contribution in [3.05, 3.63) is 69.1 Å². The van der Waals surface area contributed by atoms with Crippen molar-refractivity contribution in [2.45, 2.75) is 0 Å². The Bertz CT molecular complexity index is 1080. The molecule has 0 bridgehead atoms. The molecule has 0 saturated carbocycles. The highest BCUT2D eigenvalue weighted by Gasteiger charge is 2.22. The number of benzene rings is 2. The molecular formula is C17H13ClIN3O3S. The molecule has 134 valence electrons. The Morgan fingerprint density at radius 2 is 1.88 bits per heavy atom. The minimum atomic E-state index is -3.71. The molecule has 3 aromatic rings. The summed E-state index contributed by atoms with van der Waals surface area (Å²) < 4.78 is 27.6. The second-order valence-electron chi connectivity index (χ2n) is 5.50. The van der Waals surface area contributed by atoms with Gasteiger partial charge in [-0.3, -0.25) is 9.36 Å². The van der Waals surface area contributed by atoms with E-state index in [0.29, 0.717) is 10.7 Å². The number of nitrogens with zero attached hydrogens (tertiary/aromatic N) is 2. The Labute approximate surface area is 169 Å². The lowest BCUT2D eigenvalue weighted by atomic mass is 10.1. The molecule has 1 heterocycles. The van der Waals surface area contributed by atoms with E-state index in [1.165, 1.54) is 6.33 Å². The average Bonchev–Trinajstić information content (AvgIpc) is 2.99. The van der Waals surface area contributed by atoms with Crippen molar-refractivity contribution >= 4 is 50.1 Å². The van der Waals surface area contributed by atoms with E-state index in [2.05, 4.69) is 27.6 Å². The standard InChI is InChI=1S/C17H13ClIN3O3S/c1-26(24,25)21-17(23)15-16(11-3-2-4-13(19)9-11)22(10-20-15)14-7-5-12(18)6-8-14/h2-10H,1H3,(H,21,23). The van der Waals surface area contributed by atoms with Crippen LogP contribution in [-0.4, -0.2) is 30.1 Å². The number of carbonyl (C=O) groups excluding carboxylic acids is 1. The molecule has 9 heteroatoms. The van der Waals surface area contributed by atoms with Crippen molar-refractivity contribution in [3.8, 4) is 16.9 Å². The van der Waals surface area contributed by atoms with Gasteiger partial charge in [0.05, 0.1) is 11.9 Å². The molecular weight excluding hydrogens is 489 g/mol. The zero-order valence-electron chi connectivity index (χ0n) is 13.5. The van der Waals surface area contributed by atoms with Crippen LogP contribution in [0.4, 0.5) is 0 Å². The van der Waals surface area contributed by atoms with Gasteiger partial charge in [0.15, 0.2) is 5.69 Å². The van der Waals surface area contributed by atoms with Gasteiger partial charge in [-0.1, -0.05) is 23.7 Å². The number of rotatable bonds is 4. The lowest BCUT2D eigenvalue weighted by Gasteiger charge is -2.11. The van der Waals surface area contributed by atoms with Crippen LogP contribution >= 0.6 is 34.2 Å². The minimum absolute atomic E-state index is 0.0207. The first-order valence-corrected chi connectivity index (χ1v) is 10.7. The molecule has 0 fully saturated rings. The van der Waals surface area contributed by atoms with Gasteiger partial charge in [-0.25, -0.2) is 18.1 Å². The highest BCUT2D eigenvalue weighted by atomic mass is 127. The van der Waals surface area contributed by atoms with Gasteiger partial charge in [0, 0.05) is 19.8 Å². The number of carbonyl (C=O) groups is 1. The van der Waals surface area contributed by atoms with Gasteiger partial charge in [-0.2, -0.15) is 0 Å². The third-order valence-corrected chi connectivity index (χ3v) is 4.94. The highest BCUT2D eigenvalue weighted by Crippen LogP contribution is 2.28. The van der Waals surface area contributed by atoms with Crippen molar-refractivity contribution in [1.82, 2.24) is 14.3 Å². The third-order valence-electron chi connectivity index (χ3n) is 3.46. The largest absolute Gasteiger partial charge is 0.298 e. The fraction of sp³-hybridized carbons (Fsp3) is 0.0588. The molecule has 1 aromatic heterocycles. The van der Waals surface area contributed by atoms with E-state index in [0.717, 1.165) is 21.1 Å². The second kappa shape index (κ2) is 7.37. The van der Waals surface area contributed by atoms with E-state index < -0.39 is 15.9 Å². The first-order valence-electron chi connectivity index (χ1n) is 7.36. The van der Waals surface area contributed by atoms with E-state index in [1.807, 2.05) is 29.0 Å². The first-order chi connectivity index (χ1) is 12.2. The zero-order valence-corrected chi connectivity index (χ0v) is 17.2. The Morgan fingerprint density at radius 3 is 2.50 bits per heavy atom. The van der Waals surface area contributed by atoms with Gasteiger partial charge in [0.1, 0.15) is 6.33 Å². The summed E-state index contributed by atoms with van der Waals surface area (Å²) in [5.74, 6) is -0.783. The molecule has 0 spiro atoms. The first kappa shape index (κ1) is 18.9. The SMILES string of the molecule is CS(=O)(=O)NC(=O)c1ncn(-c2ccc(Cl)cc2)c1-c1cccc(I)c1. The van der Waals surface area contributed by atoms with Crippen LogP contribution in [0.2, 0.25) is 5.02 Å². The quantitative estimate of drug-likeness (QED) is 0.555. The van der Waals surface area contributed by atoms with Gasteiger partial charge >= 0.3 is 0 Å². The van der Waals surface area contributed by atoms with Crippen LogP contribution in [0.5, 0.6) is 0 Å². The molecule has 2 aromatic carbocycles. The fourth-order valence-electron chi connectivity index (χ4n) is 2.44. The Hall–Kier alpha value is -1.91. The second-order valence-corrected chi connectivity index (χ2v) is 8.93. The number of nitrogens with one attached hydrogen (secondary N) is 1. The predicted octanol–water partition coefficient (Wildman–Crippen LogP) is 3.49. The lowest BCUT2D eigenvalue weighted by Crippen LogP contribution is -2.30. The van der Waals surface area contributed by atoms with Crippen LogP contribution < -0.4 is 4.72 Å². The molecule has 0 aliphatic carbocycles. The molecule has 1 amide bonds. The van der Waals surface area contributed by atoms with Crippen molar-refractivity contribution < 1.29 is 13.2 Å². The highest BCUT2D eigenvalue weighted by molar-refractivity contribution is 14.1. The smallest absolute Gasteiger partial charge is 0.285 e. The number of hydrogen-bond acceptors (Lipinski definition) is 4. The summed E-state index contributed by atoms with van der Waals surface area (Å²) in [4.78, 5) is 16.6. The number of hydrogen-bond donors (Lipinski definition) is 1. The maximum absolute atomic E-state index is 12.4. The van der Waals surface area contributed by atoms with Crippen molar-refractivity contribution in [2.75, 3.05) is 6.26 Å². The molecule has 0 unspecified atom stereocenters. The van der Waals surface area contributed by atoms with E-state index >= 15 is 0 Å². The van der Waals surface area contributed by atoms with Crippen LogP contribution in [0.1, 0.15) is 10.5 Å². The molecule has 0 atom stereocenters. The summed E-state index contributed by atoms with van der Waals surface area (Å²) in [7, 11) is -3.71. The van der Waals surface area contributed by atoms with Gasteiger partial charge in [-0.15, -0.1) is 0 Å². The summed E-state index contributed by atoms with van der Waals surface area (Å²) >= 11 is 8.12. The van der Waals surface area contributed by atoms with Crippen LogP contribution in [0, 0.1) is 3.57 Å². The molecule has 1 N–H and O–H groups in total. The monoisotopic (exact) mass is 501 g/mol. The van der Waals surface area contributed by atoms with E-state index in [9.17, 15) is 13.2 Å². The maximum atomic E-state index is 12.4. The number of halogens is 2. The topological polar surface area (TPSA) is 81.1 Å². The number of imidazole rings is 1. The number of aromatic nitrogens is 2. The number of sulfonamides is 1. The summed E-state index contributed by atoms with van der Waals surface area (Å²) in [6, 6.07) is 14.5. The van der Waals surface area contributed by atoms with Crippen LogP contribution in [0.3, 0.4) is 0 Å². The van der Waals surface area contributed by atoms with Crippen molar-refractivity contribution in [1.29, 1.82) is 0 Å². The van der Waals surface area contributed by atoms with Gasteiger partial charge in [-0.05, 0) is 59.0 Å². The summed E-state index contributed by atoms with van der Waals surface area (Å²) in [5, 5.41) is 0.583. The molecule has 0 saturated heterocycles. The molecule has 0 radical (unpaired) electrons. The molecule has 0 aliphatic rings. The van der Waals surface area contributed by atoms with Gasteiger partial charge in [0.25, 0.3) is 5.91 Å². The van der Waals surface area contributed by atoms with Crippen LogP contribution in [-0.2, 0) is 10.0 Å². The Kier molecular flexibility index (Phi) is 5.35. The van der Waals surface area contributed by atoms with E-state index in [4.69, 9.17) is 11.6 Å². The minimum Gasteiger partial charge on any atom is -0.298 e. The summed E-state index contributed by atoms with van der Waals surface area (Å²) in [6.45, 7) is 0. The summed E-state index contributed by atoms with van der Waals surface area (Å²) in [6.07, 6.45) is 2.40. The van der Waals surface area contributed by atoms with E-state index in [1.54, 1.807) is 28.8 Å². The zero-order chi connectivity index (χ0) is 18.9. The fourth-order valence-corrected chi connectivity index (χ4v) is 3.54. The normalized spacial score (nSPS) is 11.3. The van der Waals surface area contributed by atoms with Gasteiger partial charge in [0.2, 0.25) is 10.0 Å². The lowest BCUT2D eigenvalue weighted by molar-refractivity contribution is 0.0978. The molecule has 0 aliphatic heterocycles. The van der Waals surface area contributed by atoms with Crippen molar-refractivity contribution in [3.63, 3.8) is 0 Å². The average molecular weight is 502 g/mol. The molecule has 6 nitrogen and oxygen atoms in total. The summed E-state index contributed by atoms with van der Waals surface area (Å²) in [5.41, 5.74) is 2.00. The molecule has 3 rings (SSSR count). The van der Waals surface area contributed by atoms with Crippen molar-refractivity contribution in [2.24, 2.45) is 0 Å². The van der Waals surface area contributed by atoms with Crippen LogP contribution in [0.15, 0.2) is 54.9 Å². The Morgan fingerprint density at radius 1 is 1.19 bits per heavy atom. The molecule has 26 heavy (non-hydrogen) atoms. The Balaban J connectivity index is 2.20. The van der Waals surface area contributed by atoms with Gasteiger partial charge < -0.3 is 0 Å². The van der Waals surface area contributed by atoms with E-state index in [-0.39, 0.29) is 5.69 Å². The maximum Gasteiger partial charge on any atom is 0.285 e. The van der Waals surface area contributed by atoms with Crippen LogP contribution in [0.25, 0.3) is 16.9 Å². The number of amides is 1.